The third kappa shape index (κ3) is 4.51. The maximum absolute atomic E-state index is 11.9. The van der Waals surface area contributed by atoms with E-state index in [-0.39, 0.29) is 25.5 Å². The summed E-state index contributed by atoms with van der Waals surface area (Å²) >= 11 is 0. The molecule has 1 atom stereocenters. The molecule has 1 N–H and O–H groups in total. The number of likely N-dealkylation sites (tertiary alicyclic amines) is 1. The van der Waals surface area contributed by atoms with E-state index in [1.807, 2.05) is 0 Å². The average molecular weight is 272 g/mol. The predicted octanol–water partition coefficient (Wildman–Crippen LogP) is 0.285. The number of methoxy groups -OCH3 is 1. The number of imide groups is 1. The van der Waals surface area contributed by atoms with Gasteiger partial charge in [0.25, 0.3) is 5.91 Å². The molecular weight excluding hydrogens is 252 g/mol. The van der Waals surface area contributed by atoms with E-state index in [1.165, 1.54) is 7.11 Å². The minimum Gasteiger partial charge on any atom is -0.444 e. The number of ether oxygens (including phenoxy) is 2. The second-order valence-electron chi connectivity index (χ2n) is 5.28. The Hall–Kier alpha value is -1.63. The summed E-state index contributed by atoms with van der Waals surface area (Å²) in [6, 6.07) is -0.848. The second kappa shape index (κ2) is 6.01. The van der Waals surface area contributed by atoms with E-state index < -0.39 is 23.6 Å². The van der Waals surface area contributed by atoms with Crippen molar-refractivity contribution in [2.45, 2.75) is 38.8 Å². The number of hydrogen-bond donors (Lipinski definition) is 1. The summed E-state index contributed by atoms with van der Waals surface area (Å²) in [4.78, 5) is 36.2. The Kier molecular flexibility index (Phi) is 4.88. The van der Waals surface area contributed by atoms with Crippen LogP contribution in [0.5, 0.6) is 0 Å². The Morgan fingerprint density at radius 1 is 1.42 bits per heavy atom. The maximum Gasteiger partial charge on any atom is 0.408 e. The Morgan fingerprint density at radius 2 is 2.05 bits per heavy atom. The molecule has 1 aliphatic heterocycles. The number of hydrogen-bond acceptors (Lipinski definition) is 5. The fourth-order valence-electron chi connectivity index (χ4n) is 1.66. The minimum atomic E-state index is -0.848. The van der Waals surface area contributed by atoms with Crippen LogP contribution in [0, 0.1) is 0 Å². The molecule has 0 aromatic rings. The zero-order valence-corrected chi connectivity index (χ0v) is 11.7. The first-order valence-electron chi connectivity index (χ1n) is 6.07. The van der Waals surface area contributed by atoms with Crippen molar-refractivity contribution >= 4 is 17.9 Å². The number of nitrogens with zero attached hydrogens (tertiary/aromatic N) is 1. The molecule has 0 aromatic carbocycles. The average Bonchev–Trinajstić information content (AvgIpc) is 2.49. The van der Waals surface area contributed by atoms with Gasteiger partial charge in [-0.05, 0) is 20.8 Å². The molecule has 108 valence electrons. The SMILES string of the molecule is COCCN1C(=O)CC(NC(=O)OC(C)(C)C)C1=O. The normalized spacial score (nSPS) is 19.8. The molecule has 1 heterocycles. The van der Waals surface area contributed by atoms with Crippen molar-refractivity contribution in [3.05, 3.63) is 0 Å². The summed E-state index contributed by atoms with van der Waals surface area (Å²) < 4.78 is 9.87. The lowest BCUT2D eigenvalue weighted by Gasteiger charge is -2.21. The molecule has 1 unspecified atom stereocenters. The highest BCUT2D eigenvalue weighted by Gasteiger charge is 2.39. The van der Waals surface area contributed by atoms with Gasteiger partial charge in [-0.1, -0.05) is 0 Å². The zero-order chi connectivity index (χ0) is 14.6. The number of carbonyl (C=O) groups is 3. The Morgan fingerprint density at radius 3 is 2.58 bits per heavy atom. The van der Waals surface area contributed by atoms with E-state index in [9.17, 15) is 14.4 Å². The molecule has 7 nitrogen and oxygen atoms in total. The molecule has 1 rings (SSSR count). The highest BCUT2D eigenvalue weighted by atomic mass is 16.6. The van der Waals surface area contributed by atoms with Gasteiger partial charge in [-0.15, -0.1) is 0 Å². The van der Waals surface area contributed by atoms with Crippen LogP contribution in [-0.2, 0) is 19.1 Å². The van der Waals surface area contributed by atoms with Crippen LogP contribution in [0.3, 0.4) is 0 Å². The zero-order valence-electron chi connectivity index (χ0n) is 11.7. The molecule has 3 amide bonds. The molecule has 7 heteroatoms. The third-order valence-corrected chi connectivity index (χ3v) is 2.45. The predicted molar refractivity (Wildman–Crippen MR) is 66.4 cm³/mol. The van der Waals surface area contributed by atoms with Crippen molar-refractivity contribution in [1.82, 2.24) is 10.2 Å². The number of amides is 3. The highest BCUT2D eigenvalue weighted by Crippen LogP contribution is 2.14. The van der Waals surface area contributed by atoms with Crippen molar-refractivity contribution < 1.29 is 23.9 Å². The first kappa shape index (κ1) is 15.4. The summed E-state index contributed by atoms with van der Waals surface area (Å²) in [7, 11) is 1.49. The van der Waals surface area contributed by atoms with Crippen LogP contribution in [-0.4, -0.2) is 54.7 Å². The van der Waals surface area contributed by atoms with Gasteiger partial charge in [0.15, 0.2) is 0 Å². The molecular formula is C12H20N2O5. The van der Waals surface area contributed by atoms with Gasteiger partial charge in [0.05, 0.1) is 19.6 Å². The molecule has 0 aliphatic carbocycles. The van der Waals surface area contributed by atoms with E-state index in [0.717, 1.165) is 4.90 Å². The summed E-state index contributed by atoms with van der Waals surface area (Å²) in [6.45, 7) is 5.63. The summed E-state index contributed by atoms with van der Waals surface area (Å²) in [5, 5.41) is 2.41. The quantitative estimate of drug-likeness (QED) is 0.743. The first-order chi connectivity index (χ1) is 8.74. The van der Waals surface area contributed by atoms with Crippen molar-refractivity contribution in [2.24, 2.45) is 0 Å². The lowest BCUT2D eigenvalue weighted by atomic mass is 10.2. The van der Waals surface area contributed by atoms with E-state index >= 15 is 0 Å². The van der Waals surface area contributed by atoms with Crippen molar-refractivity contribution in [1.29, 1.82) is 0 Å². The maximum atomic E-state index is 11.9. The lowest BCUT2D eigenvalue weighted by molar-refractivity contribution is -0.139. The molecule has 1 saturated heterocycles. The smallest absolute Gasteiger partial charge is 0.408 e. The topological polar surface area (TPSA) is 84.9 Å². The van der Waals surface area contributed by atoms with Crippen molar-refractivity contribution in [3.63, 3.8) is 0 Å². The van der Waals surface area contributed by atoms with Gasteiger partial charge in [0.1, 0.15) is 11.6 Å². The van der Waals surface area contributed by atoms with Crippen LogP contribution in [0.15, 0.2) is 0 Å². The molecule has 0 spiro atoms. The lowest BCUT2D eigenvalue weighted by Crippen LogP contribution is -2.44. The fourth-order valence-corrected chi connectivity index (χ4v) is 1.66. The minimum absolute atomic E-state index is 0.0399. The Labute approximate surface area is 112 Å². The largest absolute Gasteiger partial charge is 0.444 e. The fraction of sp³-hybridized carbons (Fsp3) is 0.750. The Bertz CT molecular complexity index is 375. The summed E-state index contributed by atoms with van der Waals surface area (Å²) in [6.07, 6.45) is -0.742. The molecule has 0 radical (unpaired) electrons. The van der Waals surface area contributed by atoms with Gasteiger partial charge < -0.3 is 14.8 Å². The van der Waals surface area contributed by atoms with Gasteiger partial charge >= 0.3 is 6.09 Å². The number of rotatable bonds is 4. The first-order valence-corrected chi connectivity index (χ1v) is 6.07. The number of nitrogens with one attached hydrogen (secondary N) is 1. The Balaban J connectivity index is 2.55. The van der Waals surface area contributed by atoms with E-state index in [2.05, 4.69) is 5.32 Å². The summed E-state index contributed by atoms with van der Waals surface area (Å²) in [5.74, 6) is -0.740. The van der Waals surface area contributed by atoms with Gasteiger partial charge in [-0.25, -0.2) is 4.79 Å². The second-order valence-corrected chi connectivity index (χ2v) is 5.28. The van der Waals surface area contributed by atoms with Crippen LogP contribution in [0.1, 0.15) is 27.2 Å². The van der Waals surface area contributed by atoms with E-state index in [4.69, 9.17) is 9.47 Å². The molecule has 19 heavy (non-hydrogen) atoms. The van der Waals surface area contributed by atoms with E-state index in [1.54, 1.807) is 20.8 Å². The van der Waals surface area contributed by atoms with Crippen LogP contribution >= 0.6 is 0 Å². The highest BCUT2D eigenvalue weighted by molar-refractivity contribution is 6.06. The molecule has 0 saturated carbocycles. The van der Waals surface area contributed by atoms with Crippen molar-refractivity contribution in [3.8, 4) is 0 Å². The number of alkyl carbamates (subject to hydrolysis) is 1. The summed E-state index contributed by atoms with van der Waals surface area (Å²) in [5.41, 5.74) is -0.647. The molecule has 1 aliphatic rings. The molecule has 1 fully saturated rings. The van der Waals surface area contributed by atoms with Gasteiger partial charge in [0.2, 0.25) is 5.91 Å². The van der Waals surface area contributed by atoms with Gasteiger partial charge in [-0.2, -0.15) is 0 Å². The van der Waals surface area contributed by atoms with Crippen LogP contribution in [0.25, 0.3) is 0 Å². The van der Waals surface area contributed by atoms with Gasteiger partial charge in [0, 0.05) is 7.11 Å². The van der Waals surface area contributed by atoms with Crippen LogP contribution in [0.2, 0.25) is 0 Å². The van der Waals surface area contributed by atoms with Gasteiger partial charge in [-0.3, -0.25) is 14.5 Å². The van der Waals surface area contributed by atoms with E-state index in [0.29, 0.717) is 0 Å². The van der Waals surface area contributed by atoms with Crippen LogP contribution in [0.4, 0.5) is 4.79 Å². The standard InChI is InChI=1S/C12H20N2O5/c1-12(2,3)19-11(17)13-8-7-9(15)14(10(8)16)5-6-18-4/h8H,5-7H2,1-4H3,(H,13,17). The van der Waals surface area contributed by atoms with Crippen molar-refractivity contribution in [2.75, 3.05) is 20.3 Å². The third-order valence-electron chi connectivity index (χ3n) is 2.45. The molecule has 0 bridgehead atoms. The molecule has 0 aromatic heterocycles. The number of carbonyl (C=O) groups excluding carboxylic acids is 3. The van der Waals surface area contributed by atoms with Crippen LogP contribution < -0.4 is 5.32 Å². The monoisotopic (exact) mass is 272 g/mol.